The molecule has 1 aromatic carbocycles. The molecule has 0 radical (unpaired) electrons. The van der Waals surface area contributed by atoms with Crippen LogP contribution in [0.2, 0.25) is 0 Å². The van der Waals surface area contributed by atoms with Crippen molar-refractivity contribution in [1.29, 1.82) is 0 Å². The van der Waals surface area contributed by atoms with E-state index in [1.807, 2.05) is 0 Å². The minimum absolute atomic E-state index is 0.0350. The molecule has 0 bridgehead atoms. The largest absolute Gasteiger partial charge is 0.478 e. The Hall–Kier alpha value is -1.45. The fraction of sp³-hybridized carbons (Fsp3) is 0.333. The van der Waals surface area contributed by atoms with Gasteiger partial charge in [0.05, 0.1) is 17.0 Å². The van der Waals surface area contributed by atoms with Crippen molar-refractivity contribution < 1.29 is 23.1 Å². The number of likely N-dealkylation sites (N-methyl/N-ethyl adjacent to an activating group) is 2. The molecule has 0 atom stereocenters. The number of nitrogens with zero attached hydrogens (tertiary/aromatic N) is 1. The Morgan fingerprint density at radius 2 is 2.00 bits per heavy atom. The summed E-state index contributed by atoms with van der Waals surface area (Å²) in [5.41, 5.74) is -0.0350. The van der Waals surface area contributed by atoms with Gasteiger partial charge in [0.2, 0.25) is 15.9 Å². The quantitative estimate of drug-likeness (QED) is 0.765. The SMILES string of the molecule is CCNC(=O)CN(C)S(=O)(=O)c1ccc(C(=O)O)cc1Br. The summed E-state index contributed by atoms with van der Waals surface area (Å²) in [7, 11) is -2.61. The molecule has 1 amide bonds. The van der Waals surface area contributed by atoms with Crippen LogP contribution in [-0.4, -0.2) is 49.8 Å². The first-order valence-corrected chi connectivity index (χ1v) is 8.19. The van der Waals surface area contributed by atoms with Crippen LogP contribution in [0.5, 0.6) is 0 Å². The van der Waals surface area contributed by atoms with Gasteiger partial charge in [-0.1, -0.05) is 0 Å². The summed E-state index contributed by atoms with van der Waals surface area (Å²) in [4.78, 5) is 22.2. The van der Waals surface area contributed by atoms with Crippen LogP contribution >= 0.6 is 15.9 Å². The number of sulfonamides is 1. The summed E-state index contributed by atoms with van der Waals surface area (Å²) in [5.74, 6) is -1.57. The van der Waals surface area contributed by atoms with Crippen molar-refractivity contribution in [2.45, 2.75) is 11.8 Å². The van der Waals surface area contributed by atoms with Gasteiger partial charge < -0.3 is 10.4 Å². The molecule has 0 fully saturated rings. The highest BCUT2D eigenvalue weighted by molar-refractivity contribution is 9.10. The van der Waals surface area contributed by atoms with Gasteiger partial charge in [-0.25, -0.2) is 13.2 Å². The Bertz CT molecular complexity index is 660. The van der Waals surface area contributed by atoms with Crippen LogP contribution < -0.4 is 5.32 Å². The molecule has 1 aromatic rings. The lowest BCUT2D eigenvalue weighted by atomic mass is 10.2. The highest BCUT2D eigenvalue weighted by Gasteiger charge is 2.25. The minimum atomic E-state index is -3.89. The first kappa shape index (κ1) is 17.6. The molecule has 0 saturated carbocycles. The van der Waals surface area contributed by atoms with Gasteiger partial charge in [0.1, 0.15) is 0 Å². The number of halogens is 1. The molecule has 0 aromatic heterocycles. The maximum absolute atomic E-state index is 12.3. The predicted octanol–water partition coefficient (Wildman–Crippen LogP) is 0.904. The molecule has 116 valence electrons. The van der Waals surface area contributed by atoms with Crippen LogP contribution in [0.25, 0.3) is 0 Å². The molecule has 9 heteroatoms. The molecule has 7 nitrogen and oxygen atoms in total. The molecule has 0 aliphatic heterocycles. The Labute approximate surface area is 131 Å². The fourth-order valence-corrected chi connectivity index (χ4v) is 3.71. The van der Waals surface area contributed by atoms with E-state index in [4.69, 9.17) is 5.11 Å². The van der Waals surface area contributed by atoms with Crippen molar-refractivity contribution >= 4 is 37.8 Å². The number of carboxylic acid groups (broad SMARTS) is 1. The van der Waals surface area contributed by atoms with Crippen LogP contribution in [0.4, 0.5) is 0 Å². The molecule has 0 saturated heterocycles. The van der Waals surface area contributed by atoms with E-state index < -0.39 is 21.9 Å². The van der Waals surface area contributed by atoms with E-state index in [1.165, 1.54) is 25.2 Å². The molecule has 0 unspecified atom stereocenters. The maximum Gasteiger partial charge on any atom is 0.335 e. The Morgan fingerprint density at radius 3 is 2.48 bits per heavy atom. The highest BCUT2D eigenvalue weighted by atomic mass is 79.9. The molecular weight excluding hydrogens is 364 g/mol. The smallest absolute Gasteiger partial charge is 0.335 e. The Kier molecular flexibility index (Phi) is 5.87. The third kappa shape index (κ3) is 4.26. The summed E-state index contributed by atoms with van der Waals surface area (Å²) < 4.78 is 25.7. The summed E-state index contributed by atoms with van der Waals surface area (Å²) in [6.45, 7) is 1.82. The summed E-state index contributed by atoms with van der Waals surface area (Å²) in [6, 6.07) is 3.59. The Balaban J connectivity index is 3.07. The second-order valence-corrected chi connectivity index (χ2v) is 7.03. The average Bonchev–Trinajstić information content (AvgIpc) is 2.38. The van der Waals surface area contributed by atoms with Gasteiger partial charge in [-0.2, -0.15) is 4.31 Å². The van der Waals surface area contributed by atoms with Crippen LogP contribution in [0.15, 0.2) is 27.6 Å². The lowest BCUT2D eigenvalue weighted by Crippen LogP contribution is -2.38. The number of carbonyl (C=O) groups is 2. The maximum atomic E-state index is 12.3. The summed E-state index contributed by atoms with van der Waals surface area (Å²) >= 11 is 3.05. The van der Waals surface area contributed by atoms with E-state index >= 15 is 0 Å². The van der Waals surface area contributed by atoms with Crippen molar-refractivity contribution in [3.63, 3.8) is 0 Å². The summed E-state index contributed by atoms with van der Waals surface area (Å²) in [6.07, 6.45) is 0. The molecule has 0 aliphatic carbocycles. The molecule has 21 heavy (non-hydrogen) atoms. The predicted molar refractivity (Wildman–Crippen MR) is 79.6 cm³/mol. The van der Waals surface area contributed by atoms with E-state index in [0.29, 0.717) is 6.54 Å². The molecule has 1 rings (SSSR count). The molecule has 0 spiro atoms. The zero-order chi connectivity index (χ0) is 16.2. The van der Waals surface area contributed by atoms with E-state index in [1.54, 1.807) is 6.92 Å². The second-order valence-electron chi connectivity index (χ2n) is 4.16. The van der Waals surface area contributed by atoms with Crippen molar-refractivity contribution in [2.75, 3.05) is 20.1 Å². The Morgan fingerprint density at radius 1 is 1.38 bits per heavy atom. The normalized spacial score (nSPS) is 11.4. The number of hydrogen-bond acceptors (Lipinski definition) is 4. The zero-order valence-electron chi connectivity index (χ0n) is 11.5. The molecular formula is C12H15BrN2O5S. The number of amides is 1. The van der Waals surface area contributed by atoms with Gasteiger partial charge in [0.15, 0.2) is 0 Å². The highest BCUT2D eigenvalue weighted by Crippen LogP contribution is 2.25. The minimum Gasteiger partial charge on any atom is -0.478 e. The van der Waals surface area contributed by atoms with Gasteiger partial charge in [-0.05, 0) is 41.1 Å². The molecule has 2 N–H and O–H groups in total. The number of rotatable bonds is 6. The van der Waals surface area contributed by atoms with Gasteiger partial charge in [0.25, 0.3) is 0 Å². The number of hydrogen-bond donors (Lipinski definition) is 2. The first-order chi connectivity index (χ1) is 9.70. The average molecular weight is 379 g/mol. The van der Waals surface area contributed by atoms with Crippen molar-refractivity contribution in [2.24, 2.45) is 0 Å². The number of carbonyl (C=O) groups excluding carboxylic acids is 1. The standard InChI is InChI=1S/C12H15BrN2O5S/c1-3-14-11(16)7-15(2)21(19,20)10-5-4-8(12(17)18)6-9(10)13/h4-6H,3,7H2,1-2H3,(H,14,16)(H,17,18). The van der Waals surface area contributed by atoms with E-state index in [0.717, 1.165) is 4.31 Å². The van der Waals surface area contributed by atoms with Gasteiger partial charge in [-0.3, -0.25) is 4.79 Å². The fourth-order valence-electron chi connectivity index (χ4n) is 1.55. The zero-order valence-corrected chi connectivity index (χ0v) is 13.9. The van der Waals surface area contributed by atoms with E-state index in [2.05, 4.69) is 21.2 Å². The monoisotopic (exact) mass is 378 g/mol. The van der Waals surface area contributed by atoms with Crippen LogP contribution in [0, 0.1) is 0 Å². The number of aromatic carboxylic acids is 1. The summed E-state index contributed by atoms with van der Waals surface area (Å²) in [5, 5.41) is 11.4. The van der Waals surface area contributed by atoms with Crippen LogP contribution in [0.1, 0.15) is 17.3 Å². The third-order valence-electron chi connectivity index (χ3n) is 2.61. The first-order valence-electron chi connectivity index (χ1n) is 5.96. The van der Waals surface area contributed by atoms with Crippen molar-refractivity contribution in [3.05, 3.63) is 28.2 Å². The van der Waals surface area contributed by atoms with Crippen LogP contribution in [-0.2, 0) is 14.8 Å². The van der Waals surface area contributed by atoms with Crippen LogP contribution in [0.3, 0.4) is 0 Å². The lowest BCUT2D eigenvalue weighted by Gasteiger charge is -2.17. The van der Waals surface area contributed by atoms with Gasteiger partial charge >= 0.3 is 5.97 Å². The number of nitrogens with one attached hydrogen (secondary N) is 1. The van der Waals surface area contributed by atoms with Crippen molar-refractivity contribution in [3.8, 4) is 0 Å². The lowest BCUT2D eigenvalue weighted by molar-refractivity contribution is -0.121. The number of benzene rings is 1. The third-order valence-corrected chi connectivity index (χ3v) is 5.39. The molecule has 0 aliphatic rings. The van der Waals surface area contributed by atoms with E-state index in [9.17, 15) is 18.0 Å². The van der Waals surface area contributed by atoms with E-state index in [-0.39, 0.29) is 21.5 Å². The van der Waals surface area contributed by atoms with Crippen molar-refractivity contribution in [1.82, 2.24) is 9.62 Å². The number of carboxylic acids is 1. The van der Waals surface area contributed by atoms with Gasteiger partial charge in [0, 0.05) is 18.1 Å². The van der Waals surface area contributed by atoms with Gasteiger partial charge in [-0.15, -0.1) is 0 Å². The molecule has 0 heterocycles. The topological polar surface area (TPSA) is 104 Å². The second kappa shape index (κ2) is 7.01.